The minimum atomic E-state index is -0.227. The van der Waals surface area contributed by atoms with Gasteiger partial charge in [-0.3, -0.25) is 14.2 Å². The number of ether oxygens (including phenoxy) is 1. The first kappa shape index (κ1) is 15.8. The van der Waals surface area contributed by atoms with E-state index in [1.54, 1.807) is 0 Å². The molecule has 0 aliphatic heterocycles. The Balaban J connectivity index is 1.75. The first-order chi connectivity index (χ1) is 10.6. The van der Waals surface area contributed by atoms with Crippen molar-refractivity contribution < 1.29 is 9.53 Å². The van der Waals surface area contributed by atoms with Crippen LogP contribution in [0.3, 0.4) is 0 Å². The van der Waals surface area contributed by atoms with E-state index in [0.29, 0.717) is 18.8 Å². The fraction of sp³-hybridized carbons (Fsp3) is 0.312. The molecule has 0 fully saturated rings. The number of nitrogens with one attached hydrogen (secondary N) is 1. The van der Waals surface area contributed by atoms with Crippen molar-refractivity contribution >= 4 is 5.91 Å². The number of hydrogen-bond acceptors (Lipinski definition) is 4. The van der Waals surface area contributed by atoms with E-state index in [1.165, 1.54) is 28.7 Å². The smallest absolute Gasteiger partial charge is 0.258 e. The van der Waals surface area contributed by atoms with Gasteiger partial charge in [-0.15, -0.1) is 0 Å². The quantitative estimate of drug-likeness (QED) is 0.865. The summed E-state index contributed by atoms with van der Waals surface area (Å²) >= 11 is 0. The average molecular weight is 301 g/mol. The van der Waals surface area contributed by atoms with Gasteiger partial charge in [0.2, 0.25) is 0 Å². The van der Waals surface area contributed by atoms with Crippen LogP contribution >= 0.6 is 0 Å². The van der Waals surface area contributed by atoms with Gasteiger partial charge < -0.3 is 10.1 Å². The molecular weight excluding hydrogens is 282 g/mol. The summed E-state index contributed by atoms with van der Waals surface area (Å²) in [5.74, 6) is 0.442. The van der Waals surface area contributed by atoms with Crippen molar-refractivity contribution in [3.05, 3.63) is 58.3 Å². The van der Waals surface area contributed by atoms with Gasteiger partial charge in [0.15, 0.2) is 6.61 Å². The van der Waals surface area contributed by atoms with Gasteiger partial charge in [-0.1, -0.05) is 6.07 Å². The van der Waals surface area contributed by atoms with E-state index in [2.05, 4.69) is 10.3 Å². The van der Waals surface area contributed by atoms with E-state index in [0.717, 1.165) is 5.56 Å². The van der Waals surface area contributed by atoms with E-state index in [4.69, 9.17) is 4.74 Å². The third kappa shape index (κ3) is 4.44. The Morgan fingerprint density at radius 2 is 2.09 bits per heavy atom. The molecule has 0 saturated carbocycles. The summed E-state index contributed by atoms with van der Waals surface area (Å²) in [5.41, 5.74) is 2.16. The lowest BCUT2D eigenvalue weighted by atomic mass is 10.1. The van der Waals surface area contributed by atoms with Crippen molar-refractivity contribution in [2.45, 2.75) is 20.4 Å². The van der Waals surface area contributed by atoms with Gasteiger partial charge >= 0.3 is 0 Å². The Labute approximate surface area is 128 Å². The summed E-state index contributed by atoms with van der Waals surface area (Å²) in [7, 11) is 0. The van der Waals surface area contributed by atoms with Crippen molar-refractivity contribution in [3.63, 3.8) is 0 Å². The van der Waals surface area contributed by atoms with Crippen molar-refractivity contribution in [1.29, 1.82) is 0 Å². The maximum atomic E-state index is 11.7. The molecule has 6 nitrogen and oxygen atoms in total. The van der Waals surface area contributed by atoms with E-state index in [9.17, 15) is 9.59 Å². The van der Waals surface area contributed by atoms with E-state index >= 15 is 0 Å². The van der Waals surface area contributed by atoms with Crippen LogP contribution in [0.2, 0.25) is 0 Å². The van der Waals surface area contributed by atoms with Crippen molar-refractivity contribution in [3.8, 4) is 5.75 Å². The van der Waals surface area contributed by atoms with Crippen LogP contribution in [0.5, 0.6) is 5.75 Å². The first-order valence-corrected chi connectivity index (χ1v) is 7.03. The van der Waals surface area contributed by atoms with Crippen molar-refractivity contribution in [1.82, 2.24) is 14.9 Å². The van der Waals surface area contributed by atoms with Gasteiger partial charge in [-0.2, -0.15) is 0 Å². The molecule has 1 aromatic heterocycles. The molecule has 0 unspecified atom stereocenters. The number of aryl methyl sites for hydroxylation is 2. The molecule has 1 heterocycles. The second-order valence-corrected chi connectivity index (χ2v) is 5.00. The molecule has 116 valence electrons. The lowest BCUT2D eigenvalue weighted by Gasteiger charge is -2.09. The molecule has 0 saturated heterocycles. The van der Waals surface area contributed by atoms with Crippen LogP contribution < -0.4 is 15.6 Å². The standard InChI is InChI=1S/C16H19N3O3/c1-12-3-4-14(9-13(12)2)22-10-15(20)18-7-8-19-11-17-6-5-16(19)21/h3-6,9,11H,7-8,10H2,1-2H3,(H,18,20). The van der Waals surface area contributed by atoms with Crippen molar-refractivity contribution in [2.75, 3.05) is 13.2 Å². The third-order valence-corrected chi connectivity index (χ3v) is 3.32. The highest BCUT2D eigenvalue weighted by molar-refractivity contribution is 5.77. The van der Waals surface area contributed by atoms with Crippen LogP contribution in [0.15, 0.2) is 41.6 Å². The minimum absolute atomic E-state index is 0.0512. The van der Waals surface area contributed by atoms with Crippen molar-refractivity contribution in [2.24, 2.45) is 0 Å². The monoisotopic (exact) mass is 301 g/mol. The number of rotatable bonds is 6. The summed E-state index contributed by atoms with van der Waals surface area (Å²) in [6.45, 7) is 4.69. The maximum absolute atomic E-state index is 11.7. The molecule has 2 aromatic rings. The van der Waals surface area contributed by atoms with Crippen LogP contribution in [0.1, 0.15) is 11.1 Å². The lowest BCUT2D eigenvalue weighted by Crippen LogP contribution is -2.33. The molecule has 1 amide bonds. The zero-order chi connectivity index (χ0) is 15.9. The van der Waals surface area contributed by atoms with Gasteiger partial charge in [0.1, 0.15) is 5.75 Å². The largest absolute Gasteiger partial charge is 0.484 e. The lowest BCUT2D eigenvalue weighted by molar-refractivity contribution is -0.123. The van der Waals surface area contributed by atoms with Crippen LogP contribution in [-0.2, 0) is 11.3 Å². The Kier molecular flexibility index (Phi) is 5.30. The predicted molar refractivity (Wildman–Crippen MR) is 82.9 cm³/mol. The van der Waals surface area contributed by atoms with Gasteiger partial charge in [0, 0.05) is 25.4 Å². The van der Waals surface area contributed by atoms with E-state index in [1.807, 2.05) is 32.0 Å². The van der Waals surface area contributed by atoms with Gasteiger partial charge in [0.05, 0.1) is 6.33 Å². The second-order valence-electron chi connectivity index (χ2n) is 5.00. The number of amides is 1. The zero-order valence-corrected chi connectivity index (χ0v) is 12.7. The number of aromatic nitrogens is 2. The van der Waals surface area contributed by atoms with Crippen LogP contribution in [-0.4, -0.2) is 28.6 Å². The zero-order valence-electron chi connectivity index (χ0n) is 12.7. The van der Waals surface area contributed by atoms with E-state index in [-0.39, 0.29) is 18.1 Å². The second kappa shape index (κ2) is 7.40. The summed E-state index contributed by atoms with van der Waals surface area (Å²) in [6, 6.07) is 7.07. The molecule has 1 aromatic carbocycles. The highest BCUT2D eigenvalue weighted by atomic mass is 16.5. The number of benzene rings is 1. The average Bonchev–Trinajstić information content (AvgIpc) is 2.50. The summed E-state index contributed by atoms with van der Waals surface area (Å²) in [5, 5.41) is 2.70. The molecule has 22 heavy (non-hydrogen) atoms. The van der Waals surface area contributed by atoms with Gasteiger partial charge in [0.25, 0.3) is 11.5 Å². The molecule has 0 spiro atoms. The molecule has 1 N–H and O–H groups in total. The molecule has 0 atom stereocenters. The topological polar surface area (TPSA) is 73.2 Å². The SMILES string of the molecule is Cc1ccc(OCC(=O)NCCn2cnccc2=O)cc1C. The Bertz CT molecular complexity index is 710. The summed E-state index contributed by atoms with van der Waals surface area (Å²) in [4.78, 5) is 27.0. The first-order valence-electron chi connectivity index (χ1n) is 7.03. The third-order valence-electron chi connectivity index (χ3n) is 3.32. The Morgan fingerprint density at radius 3 is 2.82 bits per heavy atom. The van der Waals surface area contributed by atoms with E-state index < -0.39 is 0 Å². The normalized spacial score (nSPS) is 10.3. The van der Waals surface area contributed by atoms with Gasteiger partial charge in [-0.25, -0.2) is 4.98 Å². The van der Waals surface area contributed by atoms with Gasteiger partial charge in [-0.05, 0) is 37.1 Å². The predicted octanol–water partition coefficient (Wildman–Crippen LogP) is 1.06. The fourth-order valence-corrected chi connectivity index (χ4v) is 1.87. The Morgan fingerprint density at radius 1 is 1.27 bits per heavy atom. The summed E-state index contributed by atoms with van der Waals surface area (Å²) < 4.78 is 6.87. The molecule has 6 heteroatoms. The number of carbonyl (C=O) groups excluding carboxylic acids is 1. The summed E-state index contributed by atoms with van der Waals surface area (Å²) in [6.07, 6.45) is 2.88. The fourth-order valence-electron chi connectivity index (χ4n) is 1.87. The number of hydrogen-bond donors (Lipinski definition) is 1. The Hall–Kier alpha value is -2.63. The minimum Gasteiger partial charge on any atom is -0.484 e. The van der Waals surface area contributed by atoms with Crippen LogP contribution in [0.4, 0.5) is 0 Å². The maximum Gasteiger partial charge on any atom is 0.258 e. The number of nitrogens with zero attached hydrogens (tertiary/aromatic N) is 2. The van der Waals surface area contributed by atoms with Crippen LogP contribution in [0.25, 0.3) is 0 Å². The highest BCUT2D eigenvalue weighted by Crippen LogP contribution is 2.16. The highest BCUT2D eigenvalue weighted by Gasteiger charge is 2.04. The molecule has 0 aliphatic carbocycles. The molecule has 0 radical (unpaired) electrons. The van der Waals surface area contributed by atoms with Crippen LogP contribution in [0, 0.1) is 13.8 Å². The molecule has 2 rings (SSSR count). The molecular formula is C16H19N3O3. The molecule has 0 aliphatic rings. The molecule has 0 bridgehead atoms. The number of carbonyl (C=O) groups is 1.